The Morgan fingerprint density at radius 2 is 1.80 bits per heavy atom. The first-order valence-electron chi connectivity index (χ1n) is 11.0. The average molecular weight is 438 g/mol. The zero-order valence-electron chi connectivity index (χ0n) is 17.5. The van der Waals surface area contributed by atoms with Crippen molar-refractivity contribution in [2.24, 2.45) is 17.8 Å². The van der Waals surface area contributed by atoms with E-state index in [2.05, 4.69) is 17.6 Å². The highest BCUT2D eigenvalue weighted by Crippen LogP contribution is 2.45. The Morgan fingerprint density at radius 1 is 1.13 bits per heavy atom. The van der Waals surface area contributed by atoms with E-state index in [1.54, 1.807) is 0 Å². The molecule has 1 aliphatic carbocycles. The van der Waals surface area contributed by atoms with Crippen LogP contribution in [0.1, 0.15) is 46.0 Å². The zero-order valence-corrected chi connectivity index (χ0v) is 17.5. The van der Waals surface area contributed by atoms with Crippen LogP contribution in [0.15, 0.2) is 0 Å². The van der Waals surface area contributed by atoms with Crippen LogP contribution in [0.5, 0.6) is 0 Å². The molecule has 5 N–H and O–H groups in total. The van der Waals surface area contributed by atoms with Crippen molar-refractivity contribution in [3.8, 4) is 0 Å². The fraction of sp³-hybridized carbons (Fsp3) is 1.00. The highest BCUT2D eigenvalue weighted by atomic mass is 19.4. The number of halogens is 3. The lowest BCUT2D eigenvalue weighted by molar-refractivity contribution is -0.191. The summed E-state index contributed by atoms with van der Waals surface area (Å²) in [7, 11) is 0. The van der Waals surface area contributed by atoms with Crippen LogP contribution in [0.4, 0.5) is 13.2 Å². The van der Waals surface area contributed by atoms with Crippen molar-refractivity contribution in [3.63, 3.8) is 0 Å². The van der Waals surface area contributed by atoms with Gasteiger partial charge in [-0.3, -0.25) is 10.2 Å². The van der Waals surface area contributed by atoms with Gasteiger partial charge in [-0.05, 0) is 51.9 Å². The van der Waals surface area contributed by atoms with Gasteiger partial charge in [-0.25, -0.2) is 0 Å². The van der Waals surface area contributed by atoms with Gasteiger partial charge < -0.3 is 25.4 Å². The summed E-state index contributed by atoms with van der Waals surface area (Å²) in [6, 6.07) is 0.311. The summed E-state index contributed by atoms with van der Waals surface area (Å²) >= 11 is 0. The number of aliphatic hydroxyl groups is 3. The molecular weight excluding hydrogens is 403 g/mol. The zero-order chi connectivity index (χ0) is 21.8. The van der Waals surface area contributed by atoms with Gasteiger partial charge in [0.1, 0.15) is 24.0 Å². The van der Waals surface area contributed by atoms with Crippen LogP contribution in [0.2, 0.25) is 0 Å². The standard InChI is InChI=1S/C20H34F3N3O4/c1-10-13-7-8-26(17(13)25-9-24-10)18-15(28)19(2,29)16(30-18)14(27)11-3-5-12(6-4-11)20(21,22)23/h10-18,24-25,27-29H,3-9H2,1-2H3/t10?,11?,12?,13?,14-,15+,16-,17?,18-,19+/m1/s1. The van der Waals surface area contributed by atoms with Crippen LogP contribution in [0, 0.1) is 17.8 Å². The molecule has 3 saturated heterocycles. The first-order valence-corrected chi connectivity index (χ1v) is 11.0. The molecule has 4 fully saturated rings. The molecule has 3 unspecified atom stereocenters. The Kier molecular flexibility index (Phi) is 6.15. The number of hydrogen-bond acceptors (Lipinski definition) is 7. The van der Waals surface area contributed by atoms with Gasteiger partial charge in [0.15, 0.2) is 0 Å². The van der Waals surface area contributed by atoms with Crippen LogP contribution in [0.3, 0.4) is 0 Å². The number of nitrogens with zero attached hydrogens (tertiary/aromatic N) is 1. The Bertz CT molecular complexity index is 615. The summed E-state index contributed by atoms with van der Waals surface area (Å²) in [5, 5.41) is 39.6. The summed E-state index contributed by atoms with van der Waals surface area (Å²) in [4.78, 5) is 2.01. The van der Waals surface area contributed by atoms with Crippen LogP contribution in [-0.2, 0) is 4.74 Å². The molecule has 0 aromatic carbocycles. The molecule has 174 valence electrons. The van der Waals surface area contributed by atoms with Gasteiger partial charge >= 0.3 is 6.18 Å². The molecule has 10 heteroatoms. The highest BCUT2D eigenvalue weighted by molar-refractivity contribution is 5.07. The normalized spacial score (nSPS) is 49.2. The second-order valence-electron chi connectivity index (χ2n) is 9.77. The lowest BCUT2D eigenvalue weighted by atomic mass is 9.75. The van der Waals surface area contributed by atoms with Crippen molar-refractivity contribution in [1.29, 1.82) is 0 Å². The molecular formula is C20H34F3N3O4. The quantitative estimate of drug-likeness (QED) is 0.444. The van der Waals surface area contributed by atoms with Crippen molar-refractivity contribution >= 4 is 0 Å². The van der Waals surface area contributed by atoms with E-state index < -0.39 is 48.2 Å². The van der Waals surface area contributed by atoms with Gasteiger partial charge in [-0.2, -0.15) is 13.2 Å². The number of alkyl halides is 3. The predicted molar refractivity (Wildman–Crippen MR) is 102 cm³/mol. The van der Waals surface area contributed by atoms with E-state index >= 15 is 0 Å². The third-order valence-electron chi connectivity index (χ3n) is 7.95. The first kappa shape index (κ1) is 22.7. The van der Waals surface area contributed by atoms with Crippen molar-refractivity contribution < 1.29 is 33.2 Å². The fourth-order valence-electron chi connectivity index (χ4n) is 5.93. The molecule has 7 nitrogen and oxygen atoms in total. The number of likely N-dealkylation sites (tertiary alicyclic amines) is 1. The summed E-state index contributed by atoms with van der Waals surface area (Å²) in [6.45, 7) is 4.88. The van der Waals surface area contributed by atoms with E-state index in [4.69, 9.17) is 4.74 Å². The topological polar surface area (TPSA) is 97.2 Å². The van der Waals surface area contributed by atoms with Gasteiger partial charge in [0.25, 0.3) is 0 Å². The molecule has 0 bridgehead atoms. The monoisotopic (exact) mass is 437 g/mol. The van der Waals surface area contributed by atoms with Crippen LogP contribution in [0.25, 0.3) is 0 Å². The average Bonchev–Trinajstić information content (AvgIpc) is 3.21. The smallest absolute Gasteiger partial charge is 0.390 e. The summed E-state index contributed by atoms with van der Waals surface area (Å²) in [5.74, 6) is -1.39. The van der Waals surface area contributed by atoms with Crippen molar-refractivity contribution in [1.82, 2.24) is 15.5 Å². The summed E-state index contributed by atoms with van der Waals surface area (Å²) in [5.41, 5.74) is -1.69. The van der Waals surface area contributed by atoms with E-state index in [-0.39, 0.29) is 31.8 Å². The second-order valence-corrected chi connectivity index (χ2v) is 9.77. The maximum atomic E-state index is 13.0. The molecule has 3 aliphatic heterocycles. The lowest BCUT2D eigenvalue weighted by Crippen LogP contribution is -2.62. The molecule has 4 aliphatic rings. The van der Waals surface area contributed by atoms with Crippen molar-refractivity contribution in [2.75, 3.05) is 13.2 Å². The maximum Gasteiger partial charge on any atom is 0.391 e. The molecule has 30 heavy (non-hydrogen) atoms. The van der Waals surface area contributed by atoms with Gasteiger partial charge in [-0.1, -0.05) is 0 Å². The molecule has 1 saturated carbocycles. The van der Waals surface area contributed by atoms with Crippen LogP contribution >= 0.6 is 0 Å². The minimum atomic E-state index is -4.21. The molecule has 0 aromatic heterocycles. The van der Waals surface area contributed by atoms with Gasteiger partial charge in [0, 0.05) is 25.2 Å². The number of hydrogen-bond donors (Lipinski definition) is 5. The minimum absolute atomic E-state index is 0.00480. The number of rotatable bonds is 3. The summed E-state index contributed by atoms with van der Waals surface area (Å²) < 4.78 is 44.9. The van der Waals surface area contributed by atoms with E-state index in [0.29, 0.717) is 25.2 Å². The number of ether oxygens (including phenoxy) is 1. The lowest BCUT2D eigenvalue weighted by Gasteiger charge is -2.40. The molecule has 0 spiro atoms. The second kappa shape index (κ2) is 8.13. The Labute approximate surface area is 175 Å². The van der Waals surface area contributed by atoms with Crippen molar-refractivity contribution in [2.45, 2.75) is 94.5 Å². The predicted octanol–water partition coefficient (Wildman–Crippen LogP) is 0.740. The van der Waals surface area contributed by atoms with Crippen LogP contribution < -0.4 is 10.6 Å². The molecule has 0 amide bonds. The highest BCUT2D eigenvalue weighted by Gasteiger charge is 2.59. The number of aliphatic hydroxyl groups excluding tert-OH is 2. The Morgan fingerprint density at radius 3 is 2.43 bits per heavy atom. The molecule has 8 atom stereocenters. The van der Waals surface area contributed by atoms with E-state index in [9.17, 15) is 28.5 Å². The first-order chi connectivity index (χ1) is 14.0. The SMILES string of the molecule is CC1NCNC2C1CCN2[C@@H]1O[C@H]([C@H](O)C2CCC(C(F)(F)F)CC2)[C@@](C)(O)[C@H]1O. The van der Waals surface area contributed by atoms with Gasteiger partial charge in [-0.15, -0.1) is 0 Å². The fourth-order valence-corrected chi connectivity index (χ4v) is 5.93. The van der Waals surface area contributed by atoms with E-state index in [0.717, 1.165) is 6.42 Å². The molecule has 0 radical (unpaired) electrons. The third-order valence-corrected chi connectivity index (χ3v) is 7.95. The number of nitrogens with one attached hydrogen (secondary N) is 2. The number of fused-ring (bicyclic) bond motifs is 1. The molecule has 0 aromatic rings. The molecule has 4 rings (SSSR count). The Balaban J connectivity index is 1.44. The Hall–Kier alpha value is -0.490. The van der Waals surface area contributed by atoms with E-state index in [1.807, 2.05) is 4.90 Å². The van der Waals surface area contributed by atoms with Gasteiger partial charge in [0.05, 0.1) is 18.2 Å². The summed E-state index contributed by atoms with van der Waals surface area (Å²) in [6.07, 6.45) is -7.11. The maximum absolute atomic E-state index is 13.0. The van der Waals surface area contributed by atoms with Crippen LogP contribution in [-0.4, -0.2) is 82.0 Å². The minimum Gasteiger partial charge on any atom is -0.390 e. The largest absolute Gasteiger partial charge is 0.391 e. The van der Waals surface area contributed by atoms with Gasteiger partial charge in [0.2, 0.25) is 0 Å². The van der Waals surface area contributed by atoms with E-state index in [1.165, 1.54) is 6.92 Å². The molecule has 3 heterocycles. The third kappa shape index (κ3) is 3.89. The van der Waals surface area contributed by atoms with Crippen molar-refractivity contribution in [3.05, 3.63) is 0 Å².